The molecular weight excluding hydrogens is 971 g/mol. The predicted molar refractivity (Wildman–Crippen MR) is 196 cm³/mol. The van der Waals surface area contributed by atoms with Crippen molar-refractivity contribution in [3.8, 4) is 0 Å². The summed E-state index contributed by atoms with van der Waals surface area (Å²) in [4.78, 5) is 9.90. The molecule has 0 amide bonds. The van der Waals surface area contributed by atoms with Crippen LogP contribution < -0.4 is 5.32 Å². The topological polar surface area (TPSA) is 451 Å². The molecule has 5 fully saturated rings. The average molecular weight is 1020 g/mol. The maximum atomic E-state index is 12.0. The van der Waals surface area contributed by atoms with Gasteiger partial charge < -0.3 is 64.0 Å². The highest BCUT2D eigenvalue weighted by Gasteiger charge is 2.52. The fourth-order valence-electron chi connectivity index (χ4n) is 7.71. The van der Waals surface area contributed by atoms with E-state index in [2.05, 4.69) is 22.0 Å². The summed E-state index contributed by atoms with van der Waals surface area (Å²) in [5.74, 6) is -1.25. The number of rotatable bonds is 20. The second-order valence-electron chi connectivity index (χ2n) is 15.0. The van der Waals surface area contributed by atoms with E-state index in [-0.39, 0.29) is 39.0 Å². The summed E-state index contributed by atoms with van der Waals surface area (Å²) < 4.78 is 188. The Balaban J connectivity index is 1.31. The maximum Gasteiger partial charge on any atom is 0.397 e. The van der Waals surface area contributed by atoms with Gasteiger partial charge in [-0.2, -0.15) is 33.7 Å². The maximum absolute atomic E-state index is 12.0. The lowest BCUT2D eigenvalue weighted by molar-refractivity contribution is -0.345. The number of hydrogen-bond acceptors (Lipinski definition) is 27. The zero-order valence-corrected chi connectivity index (χ0v) is 36.5. The zero-order valence-electron chi connectivity index (χ0n) is 33.2. The minimum Gasteiger partial charge on any atom is -0.390 e. The van der Waals surface area contributed by atoms with Crippen LogP contribution in [0, 0.1) is 5.92 Å². The third-order valence-corrected chi connectivity index (χ3v) is 12.2. The van der Waals surface area contributed by atoms with E-state index in [1.165, 1.54) is 7.11 Å². The molecule has 0 spiro atoms. The molecule has 0 aromatic heterocycles. The molecule has 10 N–H and O–H groups in total. The molecule has 0 bridgehead atoms. The zero-order chi connectivity index (χ0) is 47.4. The lowest BCUT2D eigenvalue weighted by Gasteiger charge is -2.46. The quantitative estimate of drug-likeness (QED) is 0.0308. The Morgan fingerprint density at radius 1 is 0.594 bits per heavy atom. The predicted octanol–water partition coefficient (Wildman–Crippen LogP) is -6.11. The normalized spacial score (nSPS) is 40.8. The lowest BCUT2D eigenvalue weighted by atomic mass is 9.82. The van der Waals surface area contributed by atoms with Crippen LogP contribution in [-0.2, 0) is 101 Å². The molecular formula is C29H51NO30S4. The van der Waals surface area contributed by atoms with Gasteiger partial charge >= 0.3 is 41.6 Å². The van der Waals surface area contributed by atoms with Crippen molar-refractivity contribution in [2.75, 3.05) is 46.6 Å². The van der Waals surface area contributed by atoms with Crippen LogP contribution in [0.3, 0.4) is 0 Å². The van der Waals surface area contributed by atoms with Crippen molar-refractivity contribution in [2.24, 2.45) is 5.92 Å². The number of hydrogen-bond donors (Lipinski definition) is 10. The number of aliphatic hydroxyl groups excluding tert-OH is 5. The molecule has 376 valence electrons. The fraction of sp³-hybridized carbons (Fsp3) is 1.00. The molecule has 0 aromatic rings. The summed E-state index contributed by atoms with van der Waals surface area (Å²) in [6, 6.07) is 0. The third-order valence-electron chi connectivity index (χ3n) is 10.4. The summed E-state index contributed by atoms with van der Waals surface area (Å²) in [5, 5.41) is 57.6. The van der Waals surface area contributed by atoms with Crippen molar-refractivity contribution in [3.63, 3.8) is 0 Å². The minimum absolute atomic E-state index is 0.0804. The van der Waals surface area contributed by atoms with E-state index < -0.39 is 178 Å². The van der Waals surface area contributed by atoms with Crippen LogP contribution in [0.25, 0.3) is 0 Å². The monoisotopic (exact) mass is 1020 g/mol. The Morgan fingerprint density at radius 3 is 1.84 bits per heavy atom. The first-order valence-electron chi connectivity index (χ1n) is 19.1. The summed E-state index contributed by atoms with van der Waals surface area (Å²) in [6.45, 7) is -2.80. The van der Waals surface area contributed by atoms with E-state index in [9.17, 15) is 77.4 Å². The van der Waals surface area contributed by atoms with E-state index >= 15 is 0 Å². The molecule has 4 heterocycles. The largest absolute Gasteiger partial charge is 0.397 e. The van der Waals surface area contributed by atoms with E-state index in [1.807, 2.05) is 0 Å². The Labute approximate surface area is 365 Å². The molecule has 31 nitrogen and oxygen atoms in total. The fourth-order valence-corrected chi connectivity index (χ4v) is 9.35. The van der Waals surface area contributed by atoms with E-state index in [0.29, 0.717) is 0 Å². The van der Waals surface area contributed by atoms with Gasteiger partial charge in [-0.3, -0.25) is 18.2 Å². The summed E-state index contributed by atoms with van der Waals surface area (Å²) in [5.41, 5.74) is 0. The second-order valence-corrected chi connectivity index (χ2v) is 19.3. The van der Waals surface area contributed by atoms with Crippen LogP contribution in [-0.4, -0.2) is 228 Å². The molecule has 35 heteroatoms. The van der Waals surface area contributed by atoms with Crippen LogP contribution in [0.15, 0.2) is 0 Å². The molecule has 4 saturated heterocycles. The van der Waals surface area contributed by atoms with Crippen molar-refractivity contribution >= 4 is 41.6 Å². The van der Waals surface area contributed by atoms with Gasteiger partial charge in [-0.05, 0) is 12.8 Å². The van der Waals surface area contributed by atoms with Gasteiger partial charge in [-0.1, -0.05) is 0 Å². The number of β-amino-alcohol motifs (C(OH)–C–C–N with tert-alkyl or cyclic N) is 1. The first kappa shape index (κ1) is 53.8. The van der Waals surface area contributed by atoms with Crippen molar-refractivity contribution in [1.29, 1.82) is 0 Å². The molecule has 64 heavy (non-hydrogen) atoms. The summed E-state index contributed by atoms with van der Waals surface area (Å²) >= 11 is 0. The van der Waals surface area contributed by atoms with Crippen molar-refractivity contribution in [2.45, 2.75) is 130 Å². The van der Waals surface area contributed by atoms with Gasteiger partial charge in [0.05, 0.1) is 70.2 Å². The van der Waals surface area contributed by atoms with E-state index in [4.69, 9.17) is 42.9 Å². The van der Waals surface area contributed by atoms with Gasteiger partial charge in [0, 0.05) is 31.8 Å². The van der Waals surface area contributed by atoms with Gasteiger partial charge in [0.25, 0.3) is 0 Å². The molecule has 0 radical (unpaired) electrons. The Morgan fingerprint density at radius 2 is 1.20 bits per heavy atom. The van der Waals surface area contributed by atoms with Crippen LogP contribution in [0.2, 0.25) is 0 Å². The number of aliphatic hydroxyl groups is 5. The molecule has 5 aliphatic rings. The Hall–Kier alpha value is -1.12. The van der Waals surface area contributed by atoms with Gasteiger partial charge in [0.2, 0.25) is 0 Å². The highest BCUT2D eigenvalue weighted by molar-refractivity contribution is 7.81. The lowest BCUT2D eigenvalue weighted by Crippen LogP contribution is -2.61. The van der Waals surface area contributed by atoms with Crippen LogP contribution >= 0.6 is 0 Å². The van der Waals surface area contributed by atoms with Crippen LogP contribution in [0.5, 0.6) is 0 Å². The average Bonchev–Trinajstić information content (AvgIpc) is 3.16. The summed E-state index contributed by atoms with van der Waals surface area (Å²) in [7, 11) is -19.8. The first-order valence-corrected chi connectivity index (χ1v) is 24.5. The smallest absolute Gasteiger partial charge is 0.390 e. The number of nitrogens with one attached hydrogen (secondary N) is 1. The van der Waals surface area contributed by atoms with Gasteiger partial charge in [-0.25, -0.2) is 26.5 Å². The van der Waals surface area contributed by atoms with Crippen molar-refractivity contribution in [3.05, 3.63) is 0 Å². The van der Waals surface area contributed by atoms with Crippen LogP contribution in [0.1, 0.15) is 25.7 Å². The van der Waals surface area contributed by atoms with Crippen molar-refractivity contribution in [1.82, 2.24) is 5.32 Å². The second kappa shape index (κ2) is 22.5. The van der Waals surface area contributed by atoms with E-state index in [1.54, 1.807) is 0 Å². The molecule has 4 aliphatic heterocycles. The highest BCUT2D eigenvalue weighted by atomic mass is 32.3. The van der Waals surface area contributed by atoms with Crippen molar-refractivity contribution < 1.29 is 137 Å². The first-order chi connectivity index (χ1) is 29.7. The molecule has 1 saturated carbocycles. The Kier molecular flexibility index (Phi) is 19.0. The number of piperidine rings is 1. The molecule has 0 aromatic carbocycles. The van der Waals surface area contributed by atoms with Gasteiger partial charge in [0.1, 0.15) is 36.6 Å². The van der Waals surface area contributed by atoms with E-state index in [0.717, 1.165) is 0 Å². The molecule has 18 atom stereocenters. The van der Waals surface area contributed by atoms with Gasteiger partial charge in [0.15, 0.2) is 31.1 Å². The van der Waals surface area contributed by atoms with Crippen LogP contribution in [0.4, 0.5) is 0 Å². The number of ether oxygens (including phenoxy) is 7. The molecule has 5 rings (SSSR count). The SMILES string of the molecule is COOC1CNC[C@@H](O)[C@@H]1O[C@H]1CC(COS(=O)(=O)O)[C@@H](O[C@@H]2OC[C@@H](O[C@@H]3C[C@@H](O)[C@H](O[C@@H]4OCCC(O)C4OS(=O)(=O)O)C(COS(=O)(=O)O)O3)C(O)C2OS(=O)(=O)O)[C@H](O)C1. The van der Waals surface area contributed by atoms with Gasteiger partial charge in [-0.15, -0.1) is 0 Å². The summed E-state index contributed by atoms with van der Waals surface area (Å²) in [6.07, 6.45) is -29.3. The molecule has 7 unspecified atom stereocenters. The standard InChI is InChI=1S/C29H51NO30S4/c1-48-58-18-8-30-7-17(34)25(18)53-13-4-12(9-51-61(36,37)38)23(15(32)5-13)56-29-27(60-64(45,46)47)22(35)19(10-50-29)54-21-6-16(33)24(20(55-21)11-52-62(39,40)41)57-28-26(59-63(42,43)44)14(31)2-3-49-28/h12-35H,2-11H2,1H3,(H,36,37,38)(H,39,40,41)(H,42,43,44)(H,45,46,47)/t12?,13-,14?,15+,16+,17+,18?,19+,20?,21-,22?,23+,24-,25-,26?,27?,28-,29-/m0/s1. The third kappa shape index (κ3) is 16.0. The molecule has 1 aliphatic carbocycles. The Bertz CT molecular complexity index is 1940. The minimum atomic E-state index is -5.49. The highest BCUT2D eigenvalue weighted by Crippen LogP contribution is 2.36.